The zero-order valence-corrected chi connectivity index (χ0v) is 18.7. The van der Waals surface area contributed by atoms with E-state index in [-0.39, 0.29) is 6.54 Å². The molecule has 5 atom stereocenters. The summed E-state index contributed by atoms with van der Waals surface area (Å²) in [5.41, 5.74) is 1.41. The maximum atomic E-state index is 10.6. The standard InChI is InChI=1S/C21H20ClN5O5S/c22-13-4-3-11(6-12(13)7-17-23-8-16(33-17)14-2-1-5-31-14)21-20(30)19(29)18(28)15(32-21)9-27-25-10-24-26-27/h1-6,8,10,15,18-21,28-30H,7,9H2/t15-,18-,19+,20-,21+/m1/s1. The van der Waals surface area contributed by atoms with E-state index in [4.69, 9.17) is 20.8 Å². The quantitative estimate of drug-likeness (QED) is 0.370. The number of benzene rings is 1. The molecule has 172 valence electrons. The van der Waals surface area contributed by atoms with E-state index in [0.717, 1.165) is 21.2 Å². The molecule has 0 spiro atoms. The Morgan fingerprint density at radius 3 is 2.76 bits per heavy atom. The topological polar surface area (TPSA) is 140 Å². The molecule has 1 saturated heterocycles. The number of hydrogen-bond donors (Lipinski definition) is 3. The van der Waals surface area contributed by atoms with Crippen LogP contribution in [0.2, 0.25) is 5.02 Å². The van der Waals surface area contributed by atoms with Crippen LogP contribution in [0.15, 0.2) is 53.5 Å². The number of aliphatic hydroxyl groups excluding tert-OH is 3. The average molecular weight is 490 g/mol. The molecule has 1 aromatic carbocycles. The summed E-state index contributed by atoms with van der Waals surface area (Å²) in [5, 5.41) is 44.1. The van der Waals surface area contributed by atoms with Gasteiger partial charge in [-0.3, -0.25) is 0 Å². The molecule has 1 aliphatic heterocycles. The summed E-state index contributed by atoms with van der Waals surface area (Å²) < 4.78 is 11.4. The van der Waals surface area contributed by atoms with Crippen molar-refractivity contribution in [2.75, 3.05) is 0 Å². The Labute approximate surface area is 197 Å². The molecule has 10 nitrogen and oxygen atoms in total. The van der Waals surface area contributed by atoms with Crippen LogP contribution in [0.1, 0.15) is 22.2 Å². The highest BCUT2D eigenvalue weighted by Crippen LogP contribution is 2.35. The first kappa shape index (κ1) is 22.1. The molecule has 4 heterocycles. The fraction of sp³-hybridized carbons (Fsp3) is 0.333. The molecule has 4 aromatic rings. The fourth-order valence-corrected chi connectivity index (χ4v) is 4.90. The number of aliphatic hydroxyl groups is 3. The Morgan fingerprint density at radius 1 is 1.12 bits per heavy atom. The van der Waals surface area contributed by atoms with Gasteiger partial charge in [-0.05, 0) is 34.5 Å². The highest BCUT2D eigenvalue weighted by atomic mass is 35.5. The lowest BCUT2D eigenvalue weighted by Crippen LogP contribution is -2.55. The van der Waals surface area contributed by atoms with Gasteiger partial charge in [-0.15, -0.1) is 21.5 Å². The lowest BCUT2D eigenvalue weighted by molar-refractivity contribution is -0.228. The molecule has 0 aliphatic carbocycles. The Kier molecular flexibility index (Phi) is 6.23. The van der Waals surface area contributed by atoms with Crippen molar-refractivity contribution in [3.8, 4) is 10.6 Å². The van der Waals surface area contributed by atoms with E-state index in [2.05, 4.69) is 20.4 Å². The van der Waals surface area contributed by atoms with Gasteiger partial charge in [0.15, 0.2) is 6.33 Å². The van der Waals surface area contributed by atoms with Crippen LogP contribution in [-0.4, -0.2) is 64.9 Å². The van der Waals surface area contributed by atoms with Crippen LogP contribution in [0.5, 0.6) is 0 Å². The van der Waals surface area contributed by atoms with Gasteiger partial charge in [0.1, 0.15) is 36.3 Å². The van der Waals surface area contributed by atoms with Gasteiger partial charge in [0.2, 0.25) is 0 Å². The SMILES string of the molecule is O[C@@H]1[C@@H](O)[C@H](c2ccc(Cl)c(Cc3ncc(-c4ccco4)s3)c2)O[C@H](Cn2ncnn2)[C@H]1O. The minimum atomic E-state index is -1.41. The predicted molar refractivity (Wildman–Crippen MR) is 118 cm³/mol. The summed E-state index contributed by atoms with van der Waals surface area (Å²) in [7, 11) is 0. The van der Waals surface area contributed by atoms with E-state index in [9.17, 15) is 15.3 Å². The first-order valence-electron chi connectivity index (χ1n) is 10.2. The third kappa shape index (κ3) is 4.56. The van der Waals surface area contributed by atoms with Gasteiger partial charge in [-0.2, -0.15) is 4.80 Å². The predicted octanol–water partition coefficient (Wildman–Crippen LogP) is 1.86. The fourth-order valence-electron chi connectivity index (χ4n) is 3.80. The van der Waals surface area contributed by atoms with Crippen LogP contribution >= 0.6 is 22.9 Å². The van der Waals surface area contributed by atoms with Gasteiger partial charge in [0, 0.05) is 17.6 Å². The Morgan fingerprint density at radius 2 is 2.00 bits per heavy atom. The molecule has 0 radical (unpaired) electrons. The summed E-state index contributed by atoms with van der Waals surface area (Å²) in [6, 6.07) is 8.96. The molecular weight excluding hydrogens is 470 g/mol. The van der Waals surface area contributed by atoms with Crippen LogP contribution in [0.4, 0.5) is 0 Å². The summed E-state index contributed by atoms with van der Waals surface area (Å²) >= 11 is 7.94. The Bertz CT molecular complexity index is 1200. The van der Waals surface area contributed by atoms with E-state index in [0.29, 0.717) is 17.0 Å². The van der Waals surface area contributed by atoms with Gasteiger partial charge in [0.25, 0.3) is 0 Å². The molecule has 5 rings (SSSR count). The van der Waals surface area contributed by atoms with Crippen LogP contribution in [-0.2, 0) is 17.7 Å². The van der Waals surface area contributed by atoms with E-state index >= 15 is 0 Å². The second-order valence-electron chi connectivity index (χ2n) is 7.68. The zero-order valence-electron chi connectivity index (χ0n) is 17.1. The summed E-state index contributed by atoms with van der Waals surface area (Å²) in [4.78, 5) is 6.63. The van der Waals surface area contributed by atoms with Crippen LogP contribution < -0.4 is 0 Å². The zero-order chi connectivity index (χ0) is 22.9. The first-order chi connectivity index (χ1) is 16.0. The Hall–Kier alpha value is -2.67. The molecule has 3 aromatic heterocycles. The monoisotopic (exact) mass is 489 g/mol. The van der Waals surface area contributed by atoms with Crippen molar-refractivity contribution in [1.82, 2.24) is 25.2 Å². The number of halogens is 1. The van der Waals surface area contributed by atoms with Crippen LogP contribution in [0.3, 0.4) is 0 Å². The highest BCUT2D eigenvalue weighted by Gasteiger charge is 2.44. The van der Waals surface area contributed by atoms with E-state index in [1.54, 1.807) is 24.6 Å². The minimum absolute atomic E-state index is 0.0660. The third-order valence-corrected chi connectivity index (χ3v) is 6.89. The van der Waals surface area contributed by atoms with E-state index in [1.165, 1.54) is 22.5 Å². The van der Waals surface area contributed by atoms with E-state index < -0.39 is 30.5 Å². The van der Waals surface area contributed by atoms with Crippen molar-refractivity contribution in [3.05, 3.63) is 70.3 Å². The molecular formula is C21H20ClN5O5S. The summed E-state index contributed by atoms with van der Waals surface area (Å²) in [6.07, 6.45) is -0.695. The minimum Gasteiger partial charge on any atom is -0.463 e. The molecule has 1 aliphatic rings. The number of aromatic nitrogens is 5. The van der Waals surface area contributed by atoms with Crippen molar-refractivity contribution in [3.63, 3.8) is 0 Å². The van der Waals surface area contributed by atoms with Gasteiger partial charge in [-0.1, -0.05) is 23.7 Å². The van der Waals surface area contributed by atoms with Gasteiger partial charge in [0.05, 0.1) is 22.7 Å². The maximum Gasteiger partial charge on any atom is 0.162 e. The molecule has 0 saturated carbocycles. The average Bonchev–Trinajstić information content (AvgIpc) is 3.58. The van der Waals surface area contributed by atoms with Crippen molar-refractivity contribution in [2.24, 2.45) is 0 Å². The second kappa shape index (κ2) is 9.29. The molecule has 33 heavy (non-hydrogen) atoms. The number of ether oxygens (including phenoxy) is 1. The van der Waals surface area contributed by atoms with Crippen molar-refractivity contribution >= 4 is 22.9 Å². The molecule has 0 unspecified atom stereocenters. The maximum absolute atomic E-state index is 10.6. The van der Waals surface area contributed by atoms with Crippen molar-refractivity contribution in [1.29, 1.82) is 0 Å². The second-order valence-corrected chi connectivity index (χ2v) is 9.20. The molecule has 0 bridgehead atoms. The van der Waals surface area contributed by atoms with Gasteiger partial charge in [-0.25, -0.2) is 4.98 Å². The molecule has 3 N–H and O–H groups in total. The number of hydrogen-bond acceptors (Lipinski definition) is 10. The number of nitrogens with zero attached hydrogens (tertiary/aromatic N) is 5. The lowest BCUT2D eigenvalue weighted by atomic mass is 9.90. The summed E-state index contributed by atoms with van der Waals surface area (Å²) in [6.45, 7) is 0.0660. The largest absolute Gasteiger partial charge is 0.463 e. The number of rotatable bonds is 6. The smallest absolute Gasteiger partial charge is 0.162 e. The molecule has 12 heteroatoms. The summed E-state index contributed by atoms with van der Waals surface area (Å²) in [5.74, 6) is 0.748. The van der Waals surface area contributed by atoms with Crippen molar-refractivity contribution < 1.29 is 24.5 Å². The molecule has 0 amide bonds. The number of thiazole rings is 1. The number of tetrazole rings is 1. The lowest BCUT2D eigenvalue weighted by Gasteiger charge is -2.40. The van der Waals surface area contributed by atoms with Gasteiger partial charge >= 0.3 is 0 Å². The van der Waals surface area contributed by atoms with Crippen LogP contribution in [0.25, 0.3) is 10.6 Å². The van der Waals surface area contributed by atoms with Gasteiger partial charge < -0.3 is 24.5 Å². The van der Waals surface area contributed by atoms with Crippen molar-refractivity contribution in [2.45, 2.75) is 43.5 Å². The Balaban J connectivity index is 1.38. The molecule has 1 fully saturated rings. The van der Waals surface area contributed by atoms with E-state index in [1.807, 2.05) is 18.2 Å². The van der Waals surface area contributed by atoms with Crippen LogP contribution in [0, 0.1) is 0 Å². The normalized spacial score (nSPS) is 25.4. The first-order valence-corrected chi connectivity index (χ1v) is 11.4. The number of furan rings is 1. The highest BCUT2D eigenvalue weighted by molar-refractivity contribution is 7.15. The third-order valence-electron chi connectivity index (χ3n) is 5.50.